The van der Waals surface area contributed by atoms with Crippen LogP contribution in [0.1, 0.15) is 18.5 Å². The van der Waals surface area contributed by atoms with Crippen LogP contribution < -0.4 is 5.32 Å². The molecule has 0 radical (unpaired) electrons. The molecule has 1 atom stereocenters. The predicted octanol–water partition coefficient (Wildman–Crippen LogP) is 6.60. The molecular weight excluding hydrogens is 468 g/mol. The summed E-state index contributed by atoms with van der Waals surface area (Å²) in [5, 5.41) is 3.42. The fourth-order valence-corrected chi connectivity index (χ4v) is 4.62. The Kier molecular flexibility index (Phi) is 5.22. The van der Waals surface area contributed by atoms with E-state index in [0.717, 1.165) is 20.1 Å². The van der Waals surface area contributed by atoms with Gasteiger partial charge in [-0.3, -0.25) is 0 Å². The molecular formula is C12H9BrCl2INS. The first kappa shape index (κ1) is 14.9. The summed E-state index contributed by atoms with van der Waals surface area (Å²) in [4.78, 5) is 0. The number of hydrogen-bond acceptors (Lipinski definition) is 2. The monoisotopic (exact) mass is 475 g/mol. The van der Waals surface area contributed by atoms with Crippen LogP contribution in [0.15, 0.2) is 28.7 Å². The lowest BCUT2D eigenvalue weighted by Gasteiger charge is -2.16. The van der Waals surface area contributed by atoms with E-state index < -0.39 is 0 Å². The second-order valence-electron chi connectivity index (χ2n) is 3.77. The van der Waals surface area contributed by atoms with Crippen LogP contribution >= 0.6 is 73.1 Å². The molecule has 1 aromatic carbocycles. The Hall–Kier alpha value is 0.510. The van der Waals surface area contributed by atoms with Crippen molar-refractivity contribution in [2.24, 2.45) is 0 Å². The first-order valence-electron chi connectivity index (χ1n) is 5.13. The fourth-order valence-electron chi connectivity index (χ4n) is 1.57. The summed E-state index contributed by atoms with van der Waals surface area (Å²) in [6, 6.07) is 8.19. The largest absolute Gasteiger partial charge is 0.378 e. The highest BCUT2D eigenvalue weighted by Crippen LogP contribution is 2.37. The highest BCUT2D eigenvalue weighted by molar-refractivity contribution is 14.1. The number of nitrogens with one attached hydrogen (secondary N) is 1. The molecule has 1 N–H and O–H groups in total. The molecule has 0 saturated carbocycles. The molecule has 0 aliphatic carbocycles. The van der Waals surface area contributed by atoms with Crippen molar-refractivity contribution < 1.29 is 0 Å². The van der Waals surface area contributed by atoms with E-state index in [-0.39, 0.29) is 6.04 Å². The smallest absolute Gasteiger partial charge is 0.0996 e. The van der Waals surface area contributed by atoms with Crippen LogP contribution in [0.3, 0.4) is 0 Å². The maximum absolute atomic E-state index is 6.15. The van der Waals surface area contributed by atoms with Gasteiger partial charge < -0.3 is 5.32 Å². The molecule has 2 rings (SSSR count). The normalized spacial score (nSPS) is 12.5. The second-order valence-corrected chi connectivity index (χ2v) is 8.16. The first-order valence-corrected chi connectivity index (χ1v) is 8.58. The lowest BCUT2D eigenvalue weighted by molar-refractivity contribution is 0.889. The van der Waals surface area contributed by atoms with Gasteiger partial charge in [-0.15, -0.1) is 11.3 Å². The van der Waals surface area contributed by atoms with E-state index in [1.807, 2.05) is 12.1 Å². The molecule has 2 aromatic rings. The Morgan fingerprint density at radius 1 is 1.33 bits per heavy atom. The van der Waals surface area contributed by atoms with Crippen LogP contribution in [0.4, 0.5) is 5.69 Å². The molecule has 0 bridgehead atoms. The molecule has 0 aliphatic heterocycles. The van der Waals surface area contributed by atoms with Gasteiger partial charge >= 0.3 is 0 Å². The fraction of sp³-hybridized carbons (Fsp3) is 0.167. The van der Waals surface area contributed by atoms with Crippen molar-refractivity contribution in [3.8, 4) is 0 Å². The van der Waals surface area contributed by atoms with Crippen LogP contribution in [0, 0.1) is 3.57 Å². The average Bonchev–Trinajstić information content (AvgIpc) is 2.62. The number of thiophene rings is 1. The first-order chi connectivity index (χ1) is 8.47. The van der Waals surface area contributed by atoms with E-state index in [0.29, 0.717) is 4.34 Å². The SMILES string of the molecule is CC(Nc1ccc(I)cc1Br)c1cc(Cl)sc1Cl. The molecule has 96 valence electrons. The van der Waals surface area contributed by atoms with Crippen LogP contribution in [0.5, 0.6) is 0 Å². The third kappa shape index (κ3) is 3.54. The lowest BCUT2D eigenvalue weighted by atomic mass is 10.1. The molecule has 0 aliphatic rings. The van der Waals surface area contributed by atoms with Gasteiger partial charge in [-0.1, -0.05) is 23.2 Å². The maximum atomic E-state index is 6.15. The Labute approximate surface area is 142 Å². The average molecular weight is 477 g/mol. The molecule has 1 nitrogen and oxygen atoms in total. The Bertz CT molecular complexity index is 573. The molecule has 1 aromatic heterocycles. The van der Waals surface area contributed by atoms with Crippen molar-refractivity contribution >= 4 is 78.7 Å². The standard InChI is InChI=1S/C12H9BrCl2INS/c1-6(8-5-11(14)18-12(8)15)17-10-3-2-7(16)4-9(10)13/h2-6,17H,1H3. The molecule has 18 heavy (non-hydrogen) atoms. The topological polar surface area (TPSA) is 12.0 Å². The van der Waals surface area contributed by atoms with E-state index in [9.17, 15) is 0 Å². The van der Waals surface area contributed by atoms with Crippen LogP contribution in [-0.4, -0.2) is 0 Å². The zero-order chi connectivity index (χ0) is 13.3. The van der Waals surface area contributed by atoms with Gasteiger partial charge in [0.05, 0.1) is 14.7 Å². The molecule has 6 heteroatoms. The Balaban J connectivity index is 2.21. The van der Waals surface area contributed by atoms with E-state index in [2.05, 4.69) is 62.9 Å². The predicted molar refractivity (Wildman–Crippen MR) is 93.2 cm³/mol. The van der Waals surface area contributed by atoms with Gasteiger partial charge in [-0.25, -0.2) is 0 Å². The van der Waals surface area contributed by atoms with Crippen molar-refractivity contribution in [1.29, 1.82) is 0 Å². The second kappa shape index (κ2) is 6.31. The van der Waals surface area contributed by atoms with Crippen LogP contribution in [-0.2, 0) is 0 Å². The number of anilines is 1. The highest BCUT2D eigenvalue weighted by Gasteiger charge is 2.14. The number of hydrogen-bond donors (Lipinski definition) is 1. The van der Waals surface area contributed by atoms with Crippen LogP contribution in [0.2, 0.25) is 8.67 Å². The molecule has 0 spiro atoms. The summed E-state index contributed by atoms with van der Waals surface area (Å²) >= 11 is 19.3. The zero-order valence-corrected chi connectivity index (χ0v) is 15.4. The summed E-state index contributed by atoms with van der Waals surface area (Å²) in [5.41, 5.74) is 2.07. The summed E-state index contributed by atoms with van der Waals surface area (Å²) in [5.74, 6) is 0. The number of halogens is 4. The van der Waals surface area contributed by atoms with Crippen molar-refractivity contribution in [3.05, 3.63) is 46.5 Å². The van der Waals surface area contributed by atoms with E-state index in [4.69, 9.17) is 23.2 Å². The summed E-state index contributed by atoms with van der Waals surface area (Å²) in [6.45, 7) is 2.06. The summed E-state index contributed by atoms with van der Waals surface area (Å²) in [6.07, 6.45) is 0. The summed E-state index contributed by atoms with van der Waals surface area (Å²) in [7, 11) is 0. The minimum atomic E-state index is 0.109. The van der Waals surface area contributed by atoms with Crippen molar-refractivity contribution in [2.45, 2.75) is 13.0 Å². The number of rotatable bonds is 3. The lowest BCUT2D eigenvalue weighted by Crippen LogP contribution is -2.06. The Morgan fingerprint density at radius 3 is 2.61 bits per heavy atom. The molecule has 0 saturated heterocycles. The highest BCUT2D eigenvalue weighted by atomic mass is 127. The molecule has 1 heterocycles. The van der Waals surface area contributed by atoms with Gasteiger partial charge in [0, 0.05) is 19.3 Å². The zero-order valence-electron chi connectivity index (χ0n) is 9.31. The molecule has 0 fully saturated rings. The molecule has 1 unspecified atom stereocenters. The summed E-state index contributed by atoms with van der Waals surface area (Å²) < 4.78 is 3.68. The molecule has 0 amide bonds. The van der Waals surface area contributed by atoms with E-state index >= 15 is 0 Å². The van der Waals surface area contributed by atoms with Crippen molar-refractivity contribution in [1.82, 2.24) is 0 Å². The van der Waals surface area contributed by atoms with Gasteiger partial charge in [0.15, 0.2) is 0 Å². The van der Waals surface area contributed by atoms with Gasteiger partial charge in [0.25, 0.3) is 0 Å². The van der Waals surface area contributed by atoms with Gasteiger partial charge in [-0.2, -0.15) is 0 Å². The Morgan fingerprint density at radius 2 is 2.06 bits per heavy atom. The minimum Gasteiger partial charge on any atom is -0.378 e. The van der Waals surface area contributed by atoms with Crippen molar-refractivity contribution in [3.63, 3.8) is 0 Å². The minimum absolute atomic E-state index is 0.109. The quantitative estimate of drug-likeness (QED) is 0.492. The maximum Gasteiger partial charge on any atom is 0.0996 e. The van der Waals surface area contributed by atoms with E-state index in [1.165, 1.54) is 14.9 Å². The number of benzene rings is 1. The third-order valence-corrected chi connectivity index (χ3v) is 5.30. The van der Waals surface area contributed by atoms with Gasteiger partial charge in [-0.05, 0) is 69.7 Å². The van der Waals surface area contributed by atoms with E-state index in [1.54, 1.807) is 0 Å². The van der Waals surface area contributed by atoms with Crippen LogP contribution in [0.25, 0.3) is 0 Å². The van der Waals surface area contributed by atoms with Crippen molar-refractivity contribution in [2.75, 3.05) is 5.32 Å². The third-order valence-electron chi connectivity index (χ3n) is 2.45. The van der Waals surface area contributed by atoms with Gasteiger partial charge in [0.2, 0.25) is 0 Å². The van der Waals surface area contributed by atoms with Gasteiger partial charge in [0.1, 0.15) is 0 Å².